The lowest BCUT2D eigenvalue weighted by Crippen LogP contribution is -2.21. The van der Waals surface area contributed by atoms with E-state index in [0.717, 1.165) is 29.4 Å². The number of unbranched alkanes of at least 4 members (excludes halogenated alkanes) is 1. The van der Waals surface area contributed by atoms with Crippen LogP contribution in [-0.2, 0) is 4.79 Å². The van der Waals surface area contributed by atoms with Gasteiger partial charge in [-0.15, -0.1) is 0 Å². The Balaban J connectivity index is 2.47. The number of amides is 1. The second-order valence-electron chi connectivity index (χ2n) is 3.50. The molecule has 0 unspecified atom stereocenters. The fraction of sp³-hybridized carbons (Fsp3) is 0.308. The molecule has 3 heteroatoms. The molecule has 0 saturated heterocycles. The first kappa shape index (κ1) is 13.0. The lowest BCUT2D eigenvalue weighted by Gasteiger charge is -2.00. The molecule has 0 radical (unpaired) electrons. The Kier molecular flexibility index (Phi) is 5.86. The Morgan fingerprint density at radius 3 is 2.88 bits per heavy atom. The summed E-state index contributed by atoms with van der Waals surface area (Å²) in [7, 11) is 0. The van der Waals surface area contributed by atoms with Crippen LogP contribution >= 0.6 is 15.9 Å². The second-order valence-corrected chi connectivity index (χ2v) is 4.35. The summed E-state index contributed by atoms with van der Waals surface area (Å²) in [5.74, 6) is -0.0378. The van der Waals surface area contributed by atoms with Gasteiger partial charge in [-0.1, -0.05) is 47.5 Å². The van der Waals surface area contributed by atoms with E-state index < -0.39 is 0 Å². The van der Waals surface area contributed by atoms with Crippen molar-refractivity contribution in [2.45, 2.75) is 19.8 Å². The van der Waals surface area contributed by atoms with Crippen molar-refractivity contribution in [3.8, 4) is 0 Å². The molecule has 0 aliphatic rings. The van der Waals surface area contributed by atoms with Gasteiger partial charge in [0.05, 0.1) is 0 Å². The number of carbonyl (C=O) groups is 1. The van der Waals surface area contributed by atoms with Gasteiger partial charge in [0.15, 0.2) is 0 Å². The van der Waals surface area contributed by atoms with E-state index in [1.165, 1.54) is 0 Å². The van der Waals surface area contributed by atoms with Gasteiger partial charge in [-0.25, -0.2) is 0 Å². The van der Waals surface area contributed by atoms with Crippen LogP contribution in [0.15, 0.2) is 34.8 Å². The fourth-order valence-corrected chi connectivity index (χ4v) is 1.64. The molecule has 0 heterocycles. The molecule has 0 spiro atoms. The van der Waals surface area contributed by atoms with Crippen LogP contribution in [-0.4, -0.2) is 12.5 Å². The fourth-order valence-electron chi connectivity index (χ4n) is 1.22. The number of rotatable bonds is 5. The highest BCUT2D eigenvalue weighted by Gasteiger charge is 1.96. The molecule has 0 atom stereocenters. The Morgan fingerprint density at radius 2 is 2.19 bits per heavy atom. The summed E-state index contributed by atoms with van der Waals surface area (Å²) in [4.78, 5) is 11.4. The van der Waals surface area contributed by atoms with Crippen molar-refractivity contribution in [1.29, 1.82) is 0 Å². The maximum absolute atomic E-state index is 11.4. The van der Waals surface area contributed by atoms with Crippen molar-refractivity contribution < 1.29 is 4.79 Å². The summed E-state index contributed by atoms with van der Waals surface area (Å²) in [6, 6.07) is 7.80. The third-order valence-corrected chi connectivity index (χ3v) is 2.87. The van der Waals surface area contributed by atoms with Crippen LogP contribution in [0.2, 0.25) is 0 Å². The molecule has 16 heavy (non-hydrogen) atoms. The molecule has 0 aliphatic heterocycles. The van der Waals surface area contributed by atoms with Crippen molar-refractivity contribution in [2.24, 2.45) is 0 Å². The molecule has 0 aliphatic carbocycles. The second kappa shape index (κ2) is 7.23. The van der Waals surface area contributed by atoms with Gasteiger partial charge in [-0.2, -0.15) is 0 Å². The number of hydrogen-bond donors (Lipinski definition) is 1. The van der Waals surface area contributed by atoms with Gasteiger partial charge >= 0.3 is 0 Å². The van der Waals surface area contributed by atoms with Crippen molar-refractivity contribution >= 4 is 27.9 Å². The Morgan fingerprint density at radius 1 is 1.44 bits per heavy atom. The standard InChI is InChI=1S/C13H16BrNO/c1-2-3-10-15-13(16)9-8-11-6-4-5-7-12(11)14/h4-9H,2-3,10H2,1H3,(H,15,16). The SMILES string of the molecule is CCCCNC(=O)C=Cc1ccccc1Br. The lowest BCUT2D eigenvalue weighted by molar-refractivity contribution is -0.116. The van der Waals surface area contributed by atoms with Crippen LogP contribution in [0.4, 0.5) is 0 Å². The molecule has 0 bridgehead atoms. The van der Waals surface area contributed by atoms with Gasteiger partial charge in [0.25, 0.3) is 0 Å². The predicted octanol–water partition coefficient (Wildman–Crippen LogP) is 3.38. The van der Waals surface area contributed by atoms with E-state index in [4.69, 9.17) is 0 Å². The Bertz CT molecular complexity index is 374. The van der Waals surface area contributed by atoms with Crippen molar-refractivity contribution in [2.75, 3.05) is 6.54 Å². The third-order valence-electron chi connectivity index (χ3n) is 2.15. The van der Waals surface area contributed by atoms with Gasteiger partial charge < -0.3 is 5.32 Å². The van der Waals surface area contributed by atoms with Crippen LogP contribution in [0.5, 0.6) is 0 Å². The van der Waals surface area contributed by atoms with E-state index in [0.29, 0.717) is 0 Å². The molecule has 1 aromatic carbocycles. The first-order chi connectivity index (χ1) is 7.74. The highest BCUT2D eigenvalue weighted by atomic mass is 79.9. The van der Waals surface area contributed by atoms with Gasteiger partial charge in [0.1, 0.15) is 0 Å². The molecule has 1 amide bonds. The molecule has 0 aromatic heterocycles. The summed E-state index contributed by atoms with van der Waals surface area (Å²) < 4.78 is 0.993. The van der Waals surface area contributed by atoms with E-state index >= 15 is 0 Å². The third kappa shape index (κ3) is 4.62. The highest BCUT2D eigenvalue weighted by molar-refractivity contribution is 9.10. The summed E-state index contributed by atoms with van der Waals surface area (Å²) in [6.45, 7) is 2.85. The zero-order chi connectivity index (χ0) is 11.8. The molecular weight excluding hydrogens is 266 g/mol. The highest BCUT2D eigenvalue weighted by Crippen LogP contribution is 2.16. The van der Waals surface area contributed by atoms with Gasteiger partial charge in [-0.05, 0) is 24.1 Å². The smallest absolute Gasteiger partial charge is 0.243 e. The average Bonchev–Trinajstić information content (AvgIpc) is 2.28. The number of nitrogens with one attached hydrogen (secondary N) is 1. The van der Waals surface area contributed by atoms with Crippen LogP contribution in [0.25, 0.3) is 6.08 Å². The molecule has 86 valence electrons. The van der Waals surface area contributed by atoms with Crippen molar-refractivity contribution in [1.82, 2.24) is 5.32 Å². The Labute approximate surface area is 105 Å². The number of carbonyl (C=O) groups excluding carboxylic acids is 1. The van der Waals surface area contributed by atoms with E-state index in [2.05, 4.69) is 28.2 Å². The molecule has 2 nitrogen and oxygen atoms in total. The van der Waals surface area contributed by atoms with E-state index in [-0.39, 0.29) is 5.91 Å². The molecule has 1 rings (SSSR count). The molecule has 1 aromatic rings. The first-order valence-electron chi connectivity index (χ1n) is 5.44. The number of halogens is 1. The number of benzene rings is 1. The monoisotopic (exact) mass is 281 g/mol. The lowest BCUT2D eigenvalue weighted by atomic mass is 10.2. The van der Waals surface area contributed by atoms with Crippen LogP contribution in [0, 0.1) is 0 Å². The van der Waals surface area contributed by atoms with Gasteiger partial charge in [0.2, 0.25) is 5.91 Å². The largest absolute Gasteiger partial charge is 0.353 e. The van der Waals surface area contributed by atoms with Crippen LogP contribution in [0.1, 0.15) is 25.3 Å². The maximum Gasteiger partial charge on any atom is 0.243 e. The molecule has 0 fully saturated rings. The minimum Gasteiger partial charge on any atom is -0.353 e. The topological polar surface area (TPSA) is 29.1 Å². The van der Waals surface area contributed by atoms with E-state index in [1.54, 1.807) is 6.08 Å². The summed E-state index contributed by atoms with van der Waals surface area (Å²) in [5, 5.41) is 2.83. The predicted molar refractivity (Wildman–Crippen MR) is 71.1 cm³/mol. The van der Waals surface area contributed by atoms with Crippen LogP contribution < -0.4 is 5.32 Å². The van der Waals surface area contributed by atoms with Gasteiger partial charge in [-0.3, -0.25) is 4.79 Å². The normalized spacial score (nSPS) is 10.6. The van der Waals surface area contributed by atoms with Crippen molar-refractivity contribution in [3.63, 3.8) is 0 Å². The summed E-state index contributed by atoms with van der Waals surface area (Å²) in [5.41, 5.74) is 1.01. The maximum atomic E-state index is 11.4. The number of hydrogen-bond acceptors (Lipinski definition) is 1. The van der Waals surface area contributed by atoms with Gasteiger partial charge in [0, 0.05) is 17.1 Å². The minimum absolute atomic E-state index is 0.0378. The average molecular weight is 282 g/mol. The molecule has 1 N–H and O–H groups in total. The molecule has 0 saturated carbocycles. The molecular formula is C13H16BrNO. The first-order valence-corrected chi connectivity index (χ1v) is 6.23. The minimum atomic E-state index is -0.0378. The van der Waals surface area contributed by atoms with E-state index in [9.17, 15) is 4.79 Å². The quantitative estimate of drug-likeness (QED) is 0.651. The van der Waals surface area contributed by atoms with E-state index in [1.807, 2.05) is 30.3 Å². The summed E-state index contributed by atoms with van der Waals surface area (Å²) in [6.07, 6.45) is 5.49. The Hall–Kier alpha value is -1.09. The van der Waals surface area contributed by atoms with Crippen molar-refractivity contribution in [3.05, 3.63) is 40.4 Å². The van der Waals surface area contributed by atoms with Crippen LogP contribution in [0.3, 0.4) is 0 Å². The zero-order valence-electron chi connectivity index (χ0n) is 9.37. The zero-order valence-corrected chi connectivity index (χ0v) is 11.0. The summed E-state index contributed by atoms with van der Waals surface area (Å²) >= 11 is 3.43.